The van der Waals surface area contributed by atoms with E-state index in [-0.39, 0.29) is 34.4 Å². The third kappa shape index (κ3) is 3.86. The van der Waals surface area contributed by atoms with Crippen LogP contribution in [0, 0.1) is 0 Å². The van der Waals surface area contributed by atoms with Gasteiger partial charge in [0.2, 0.25) is 0 Å². The fraction of sp³-hybridized carbons (Fsp3) is 0.500. The Bertz CT molecular complexity index is 545. The molecule has 1 aliphatic carbocycles. The molecule has 1 aromatic rings. The van der Waals surface area contributed by atoms with E-state index in [4.69, 9.17) is 23.2 Å². The van der Waals surface area contributed by atoms with Crippen LogP contribution in [0.4, 0.5) is 0 Å². The van der Waals surface area contributed by atoms with Gasteiger partial charge in [-0.1, -0.05) is 36.0 Å². The van der Waals surface area contributed by atoms with Crippen LogP contribution in [-0.2, 0) is 9.53 Å². The van der Waals surface area contributed by atoms with Crippen LogP contribution in [-0.4, -0.2) is 41.5 Å². The SMILES string of the molecule is COC(=O)CN(C(=O)c1ccc(Cl)nc1Cl)C1CCCC1. The number of pyridine rings is 1. The summed E-state index contributed by atoms with van der Waals surface area (Å²) in [5.74, 6) is -0.769. The number of rotatable bonds is 4. The zero-order valence-corrected chi connectivity index (χ0v) is 13.2. The highest BCUT2D eigenvalue weighted by molar-refractivity contribution is 6.34. The number of amides is 1. The number of carbonyl (C=O) groups excluding carboxylic acids is 2. The van der Waals surface area contributed by atoms with E-state index in [2.05, 4.69) is 9.72 Å². The van der Waals surface area contributed by atoms with Crippen LogP contribution in [0.3, 0.4) is 0 Å². The van der Waals surface area contributed by atoms with Crippen LogP contribution in [0.5, 0.6) is 0 Å². The number of halogens is 2. The Balaban J connectivity index is 2.26. The Labute approximate surface area is 133 Å². The van der Waals surface area contributed by atoms with E-state index in [1.54, 1.807) is 0 Å². The molecule has 114 valence electrons. The van der Waals surface area contributed by atoms with Crippen molar-refractivity contribution in [2.75, 3.05) is 13.7 Å². The molecular formula is C14H16Cl2N2O3. The lowest BCUT2D eigenvalue weighted by molar-refractivity contribution is -0.141. The summed E-state index contributed by atoms with van der Waals surface area (Å²) in [6.07, 6.45) is 3.84. The molecule has 1 aliphatic rings. The third-order valence-electron chi connectivity index (χ3n) is 3.60. The van der Waals surface area contributed by atoms with Gasteiger partial charge in [0, 0.05) is 6.04 Å². The molecule has 1 saturated carbocycles. The molecule has 0 spiro atoms. The van der Waals surface area contributed by atoms with Gasteiger partial charge in [-0.05, 0) is 25.0 Å². The van der Waals surface area contributed by atoms with Crippen LogP contribution in [0.15, 0.2) is 12.1 Å². The van der Waals surface area contributed by atoms with Gasteiger partial charge >= 0.3 is 5.97 Å². The lowest BCUT2D eigenvalue weighted by atomic mass is 10.1. The lowest BCUT2D eigenvalue weighted by Gasteiger charge is -2.28. The van der Waals surface area contributed by atoms with Crippen molar-refractivity contribution in [3.05, 3.63) is 28.0 Å². The van der Waals surface area contributed by atoms with Crippen LogP contribution < -0.4 is 0 Å². The van der Waals surface area contributed by atoms with Crippen LogP contribution in [0.2, 0.25) is 10.3 Å². The number of ether oxygens (including phenoxy) is 1. The standard InChI is InChI=1S/C14H16Cl2N2O3/c1-21-12(19)8-18(9-4-2-3-5-9)14(20)10-6-7-11(15)17-13(10)16/h6-7,9H,2-5,8H2,1H3. The van der Waals surface area contributed by atoms with Gasteiger partial charge in [-0.15, -0.1) is 0 Å². The summed E-state index contributed by atoms with van der Waals surface area (Å²) >= 11 is 11.7. The maximum atomic E-state index is 12.7. The van der Waals surface area contributed by atoms with E-state index in [0.717, 1.165) is 25.7 Å². The number of esters is 1. The Hall–Kier alpha value is -1.33. The molecular weight excluding hydrogens is 315 g/mol. The summed E-state index contributed by atoms with van der Waals surface area (Å²) in [6.45, 7) is -0.0844. The molecule has 5 nitrogen and oxygen atoms in total. The summed E-state index contributed by atoms with van der Waals surface area (Å²) in [5.41, 5.74) is 0.247. The van der Waals surface area contributed by atoms with Crippen LogP contribution in [0.1, 0.15) is 36.0 Å². The molecule has 0 atom stereocenters. The molecule has 1 fully saturated rings. The molecule has 0 N–H and O–H groups in total. The number of hydrogen-bond acceptors (Lipinski definition) is 4. The van der Waals surface area contributed by atoms with Crippen molar-refractivity contribution in [3.63, 3.8) is 0 Å². The molecule has 1 aromatic heterocycles. The topological polar surface area (TPSA) is 59.5 Å². The van der Waals surface area contributed by atoms with Gasteiger partial charge in [0.25, 0.3) is 5.91 Å². The molecule has 0 unspecified atom stereocenters. The van der Waals surface area contributed by atoms with Gasteiger partial charge in [-0.2, -0.15) is 0 Å². The second-order valence-corrected chi connectivity index (χ2v) is 5.67. The first-order valence-electron chi connectivity index (χ1n) is 6.72. The van der Waals surface area contributed by atoms with Crippen molar-refractivity contribution in [1.29, 1.82) is 0 Å². The minimum absolute atomic E-state index is 0.0309. The van der Waals surface area contributed by atoms with Gasteiger partial charge < -0.3 is 9.64 Å². The Kier molecular flexibility index (Phi) is 5.42. The number of nitrogens with zero attached hydrogens (tertiary/aromatic N) is 2. The first kappa shape index (κ1) is 16.0. The Morgan fingerprint density at radius 3 is 2.57 bits per heavy atom. The molecule has 0 bridgehead atoms. The fourth-order valence-electron chi connectivity index (χ4n) is 2.51. The number of carbonyl (C=O) groups is 2. The molecule has 1 amide bonds. The van der Waals surface area contributed by atoms with E-state index in [1.165, 1.54) is 24.1 Å². The first-order chi connectivity index (χ1) is 10.0. The van der Waals surface area contributed by atoms with Crippen LogP contribution >= 0.6 is 23.2 Å². The zero-order chi connectivity index (χ0) is 15.4. The number of aromatic nitrogens is 1. The Morgan fingerprint density at radius 1 is 1.33 bits per heavy atom. The smallest absolute Gasteiger partial charge is 0.325 e. The van der Waals surface area contributed by atoms with Crippen LogP contribution in [0.25, 0.3) is 0 Å². The van der Waals surface area contributed by atoms with Crippen molar-refractivity contribution in [2.24, 2.45) is 0 Å². The average Bonchev–Trinajstić information content (AvgIpc) is 2.97. The van der Waals surface area contributed by atoms with Gasteiger partial charge in [0.15, 0.2) is 0 Å². The van der Waals surface area contributed by atoms with E-state index < -0.39 is 5.97 Å². The molecule has 0 aromatic carbocycles. The predicted molar refractivity (Wildman–Crippen MR) is 79.6 cm³/mol. The molecule has 0 radical (unpaired) electrons. The van der Waals surface area contributed by atoms with Gasteiger partial charge in [-0.25, -0.2) is 4.98 Å². The predicted octanol–water partition coefficient (Wildman–Crippen LogP) is 2.95. The molecule has 2 rings (SSSR count). The quantitative estimate of drug-likeness (QED) is 0.629. The maximum absolute atomic E-state index is 12.7. The number of hydrogen-bond donors (Lipinski definition) is 0. The fourth-order valence-corrected chi connectivity index (χ4v) is 2.94. The van der Waals surface area contributed by atoms with Gasteiger partial charge in [0.1, 0.15) is 16.9 Å². The van der Waals surface area contributed by atoms with Crippen molar-refractivity contribution < 1.29 is 14.3 Å². The molecule has 7 heteroatoms. The Morgan fingerprint density at radius 2 is 2.00 bits per heavy atom. The van der Waals surface area contributed by atoms with E-state index in [0.29, 0.717) is 0 Å². The van der Waals surface area contributed by atoms with Gasteiger partial charge in [-0.3, -0.25) is 9.59 Å². The molecule has 0 aliphatic heterocycles. The first-order valence-corrected chi connectivity index (χ1v) is 7.48. The highest BCUT2D eigenvalue weighted by Gasteiger charge is 2.30. The van der Waals surface area contributed by atoms with Crippen molar-refractivity contribution >= 4 is 35.1 Å². The number of methoxy groups -OCH3 is 1. The largest absolute Gasteiger partial charge is 0.468 e. The lowest BCUT2D eigenvalue weighted by Crippen LogP contribution is -2.42. The van der Waals surface area contributed by atoms with Gasteiger partial charge in [0.05, 0.1) is 12.7 Å². The minimum Gasteiger partial charge on any atom is -0.468 e. The minimum atomic E-state index is -0.451. The average molecular weight is 331 g/mol. The highest BCUT2D eigenvalue weighted by Crippen LogP contribution is 2.26. The van der Waals surface area contributed by atoms with Crippen molar-refractivity contribution in [2.45, 2.75) is 31.7 Å². The molecule has 1 heterocycles. The van der Waals surface area contributed by atoms with E-state index in [1.807, 2.05) is 0 Å². The summed E-state index contributed by atoms with van der Waals surface area (Å²) in [5, 5.41) is 0.261. The summed E-state index contributed by atoms with van der Waals surface area (Å²) in [7, 11) is 1.30. The highest BCUT2D eigenvalue weighted by atomic mass is 35.5. The maximum Gasteiger partial charge on any atom is 0.325 e. The summed E-state index contributed by atoms with van der Waals surface area (Å²) < 4.78 is 4.67. The van der Waals surface area contributed by atoms with Crippen molar-refractivity contribution in [1.82, 2.24) is 9.88 Å². The molecule has 0 saturated heterocycles. The second kappa shape index (κ2) is 7.09. The van der Waals surface area contributed by atoms with E-state index >= 15 is 0 Å². The summed E-state index contributed by atoms with van der Waals surface area (Å²) in [6, 6.07) is 3.06. The summed E-state index contributed by atoms with van der Waals surface area (Å²) in [4.78, 5) is 29.6. The van der Waals surface area contributed by atoms with Crippen molar-refractivity contribution in [3.8, 4) is 0 Å². The monoisotopic (exact) mass is 330 g/mol. The third-order valence-corrected chi connectivity index (χ3v) is 4.10. The second-order valence-electron chi connectivity index (χ2n) is 4.92. The van der Waals surface area contributed by atoms with E-state index in [9.17, 15) is 9.59 Å². The molecule has 21 heavy (non-hydrogen) atoms. The zero-order valence-electron chi connectivity index (χ0n) is 11.6. The normalized spacial score (nSPS) is 15.0.